The molecule has 87 valence electrons. The van der Waals surface area contributed by atoms with Gasteiger partial charge in [-0.25, -0.2) is 0 Å². The fourth-order valence-corrected chi connectivity index (χ4v) is 1.48. The highest BCUT2D eigenvalue weighted by molar-refractivity contribution is 5.44. The van der Waals surface area contributed by atoms with Crippen molar-refractivity contribution in [2.75, 3.05) is 13.2 Å². The molecule has 0 aliphatic rings. The van der Waals surface area contributed by atoms with Crippen molar-refractivity contribution >= 4 is 0 Å². The molecule has 16 heavy (non-hydrogen) atoms. The maximum absolute atomic E-state index is 5.58. The molecular formula is C14H19O2. The Morgan fingerprint density at radius 3 is 2.50 bits per heavy atom. The van der Waals surface area contributed by atoms with Gasteiger partial charge in [0.15, 0.2) is 0 Å². The molecule has 0 aliphatic heterocycles. The van der Waals surface area contributed by atoms with Crippen molar-refractivity contribution in [1.82, 2.24) is 0 Å². The van der Waals surface area contributed by atoms with Crippen LogP contribution < -0.4 is 9.47 Å². The van der Waals surface area contributed by atoms with Crippen LogP contribution >= 0.6 is 0 Å². The van der Waals surface area contributed by atoms with Gasteiger partial charge in [-0.05, 0) is 26.8 Å². The van der Waals surface area contributed by atoms with E-state index in [4.69, 9.17) is 9.47 Å². The first kappa shape index (κ1) is 12.6. The second kappa shape index (κ2) is 6.21. The van der Waals surface area contributed by atoms with Crippen molar-refractivity contribution in [3.05, 3.63) is 43.3 Å². The van der Waals surface area contributed by atoms with Gasteiger partial charge in [-0.15, -0.1) is 6.58 Å². The number of hydrogen-bond acceptors (Lipinski definition) is 2. The van der Waals surface area contributed by atoms with Crippen LogP contribution in [0.25, 0.3) is 0 Å². The molecule has 0 N–H and O–H groups in total. The van der Waals surface area contributed by atoms with Crippen LogP contribution in [-0.4, -0.2) is 13.2 Å². The lowest BCUT2D eigenvalue weighted by Crippen LogP contribution is -2.00. The highest BCUT2D eigenvalue weighted by Crippen LogP contribution is 2.31. The molecule has 2 nitrogen and oxygen atoms in total. The Morgan fingerprint density at radius 2 is 1.94 bits per heavy atom. The van der Waals surface area contributed by atoms with Crippen LogP contribution in [-0.2, 0) is 0 Å². The Bertz CT molecular complexity index is 345. The van der Waals surface area contributed by atoms with Gasteiger partial charge < -0.3 is 9.47 Å². The summed E-state index contributed by atoms with van der Waals surface area (Å²) >= 11 is 0. The first-order valence-electron chi connectivity index (χ1n) is 5.58. The summed E-state index contributed by atoms with van der Waals surface area (Å²) in [5.41, 5.74) is 1.04. The average Bonchev–Trinajstić information content (AvgIpc) is 2.29. The van der Waals surface area contributed by atoms with E-state index in [1.54, 1.807) is 6.08 Å². The molecule has 0 aromatic heterocycles. The Labute approximate surface area is 97.9 Å². The van der Waals surface area contributed by atoms with Gasteiger partial charge >= 0.3 is 0 Å². The van der Waals surface area contributed by atoms with Gasteiger partial charge in [0.1, 0.15) is 11.5 Å². The molecule has 1 aromatic carbocycles. The van der Waals surface area contributed by atoms with Gasteiger partial charge in [-0.1, -0.05) is 12.1 Å². The van der Waals surface area contributed by atoms with E-state index in [2.05, 4.69) is 13.5 Å². The number of benzene rings is 1. The van der Waals surface area contributed by atoms with Gasteiger partial charge in [0.2, 0.25) is 0 Å². The van der Waals surface area contributed by atoms with Gasteiger partial charge in [-0.3, -0.25) is 0 Å². The van der Waals surface area contributed by atoms with E-state index in [0.717, 1.165) is 17.1 Å². The van der Waals surface area contributed by atoms with Crippen molar-refractivity contribution in [2.45, 2.75) is 19.8 Å². The second-order valence-corrected chi connectivity index (χ2v) is 3.41. The fraction of sp³-hybridized carbons (Fsp3) is 0.357. The molecule has 0 aliphatic carbocycles. The van der Waals surface area contributed by atoms with Crippen LogP contribution in [0.15, 0.2) is 30.9 Å². The third-order valence-electron chi connectivity index (χ3n) is 2.28. The minimum atomic E-state index is 0.0391. The molecule has 0 saturated carbocycles. The van der Waals surface area contributed by atoms with Crippen molar-refractivity contribution in [1.29, 1.82) is 0 Å². The maximum atomic E-state index is 5.58. The lowest BCUT2D eigenvalue weighted by atomic mass is 10.0. The molecule has 0 saturated heterocycles. The van der Waals surface area contributed by atoms with Crippen LogP contribution in [0.3, 0.4) is 0 Å². The third-order valence-corrected chi connectivity index (χ3v) is 2.28. The number of ether oxygens (including phenoxy) is 2. The summed E-state index contributed by atoms with van der Waals surface area (Å²) < 4.78 is 11.0. The van der Waals surface area contributed by atoms with Gasteiger partial charge in [0.25, 0.3) is 0 Å². The van der Waals surface area contributed by atoms with Crippen LogP contribution in [0.4, 0.5) is 0 Å². The predicted molar refractivity (Wildman–Crippen MR) is 67.1 cm³/mol. The van der Waals surface area contributed by atoms with E-state index in [0.29, 0.717) is 13.2 Å². The number of rotatable bonds is 6. The topological polar surface area (TPSA) is 18.5 Å². The van der Waals surface area contributed by atoms with Crippen molar-refractivity contribution in [3.8, 4) is 11.5 Å². The monoisotopic (exact) mass is 219 g/mol. The van der Waals surface area contributed by atoms with E-state index in [1.807, 2.05) is 32.0 Å². The lowest BCUT2D eigenvalue weighted by molar-refractivity contribution is 0.320. The molecule has 0 heterocycles. The summed E-state index contributed by atoms with van der Waals surface area (Å²) in [6.07, 6.45) is 1.80. The van der Waals surface area contributed by atoms with Crippen molar-refractivity contribution in [2.24, 2.45) is 0 Å². The fourth-order valence-electron chi connectivity index (χ4n) is 1.48. The van der Waals surface area contributed by atoms with E-state index in [9.17, 15) is 0 Å². The Morgan fingerprint density at radius 1 is 1.25 bits per heavy atom. The minimum absolute atomic E-state index is 0.0391. The molecule has 2 heteroatoms. The van der Waals surface area contributed by atoms with E-state index >= 15 is 0 Å². The quantitative estimate of drug-likeness (QED) is 0.681. The second-order valence-electron chi connectivity index (χ2n) is 3.41. The zero-order chi connectivity index (χ0) is 12.0. The molecule has 1 radical (unpaired) electrons. The first-order chi connectivity index (χ1) is 7.72. The van der Waals surface area contributed by atoms with Gasteiger partial charge in [0, 0.05) is 17.5 Å². The summed E-state index contributed by atoms with van der Waals surface area (Å²) in [5, 5.41) is 0. The number of allylic oxidation sites excluding steroid dienone is 1. The standard InChI is InChI=1S/C14H19O2/c1-5-11(4)13-9-8-12(15-6-2)10-14(13)16-7-3/h5,8-11H,1,4,6-7H2,2-3H3. The van der Waals surface area contributed by atoms with Gasteiger partial charge in [0.05, 0.1) is 13.2 Å². The summed E-state index contributed by atoms with van der Waals surface area (Å²) in [5.74, 6) is 1.69. The van der Waals surface area contributed by atoms with Crippen molar-refractivity contribution < 1.29 is 9.47 Å². The molecule has 1 atom stereocenters. The van der Waals surface area contributed by atoms with E-state index in [-0.39, 0.29) is 5.92 Å². The van der Waals surface area contributed by atoms with Crippen LogP contribution in [0, 0.1) is 6.92 Å². The molecule has 0 amide bonds. The predicted octanol–water partition coefficient (Wildman–Crippen LogP) is 3.59. The molecule has 1 rings (SSSR count). The molecule has 0 fully saturated rings. The van der Waals surface area contributed by atoms with Crippen LogP contribution in [0.5, 0.6) is 11.5 Å². The van der Waals surface area contributed by atoms with Crippen LogP contribution in [0.1, 0.15) is 25.3 Å². The average molecular weight is 219 g/mol. The van der Waals surface area contributed by atoms with E-state index in [1.165, 1.54) is 0 Å². The third kappa shape index (κ3) is 3.02. The highest BCUT2D eigenvalue weighted by atomic mass is 16.5. The minimum Gasteiger partial charge on any atom is -0.494 e. The molecule has 0 spiro atoms. The van der Waals surface area contributed by atoms with Crippen molar-refractivity contribution in [3.63, 3.8) is 0 Å². The SMILES string of the molecule is [CH2]C(C=C)c1ccc(OCC)cc1OCC. The normalized spacial score (nSPS) is 11.9. The lowest BCUT2D eigenvalue weighted by Gasteiger charge is -2.15. The molecule has 1 aromatic rings. The Kier molecular flexibility index (Phi) is 4.90. The zero-order valence-corrected chi connectivity index (χ0v) is 10.0. The van der Waals surface area contributed by atoms with E-state index < -0.39 is 0 Å². The Balaban J connectivity index is 3.03. The number of hydrogen-bond donors (Lipinski definition) is 0. The molecule has 1 unspecified atom stereocenters. The van der Waals surface area contributed by atoms with Crippen LogP contribution in [0.2, 0.25) is 0 Å². The Hall–Kier alpha value is -1.44. The van der Waals surface area contributed by atoms with Gasteiger partial charge in [-0.2, -0.15) is 0 Å². The summed E-state index contributed by atoms with van der Waals surface area (Å²) in [7, 11) is 0. The smallest absolute Gasteiger partial charge is 0.126 e. The molecular weight excluding hydrogens is 200 g/mol. The molecule has 0 bridgehead atoms. The maximum Gasteiger partial charge on any atom is 0.126 e. The summed E-state index contributed by atoms with van der Waals surface area (Å²) in [4.78, 5) is 0. The summed E-state index contributed by atoms with van der Waals surface area (Å²) in [6, 6.07) is 5.82. The highest BCUT2D eigenvalue weighted by Gasteiger charge is 2.10. The zero-order valence-electron chi connectivity index (χ0n) is 10.0. The first-order valence-corrected chi connectivity index (χ1v) is 5.58. The largest absolute Gasteiger partial charge is 0.494 e. The summed E-state index contributed by atoms with van der Waals surface area (Å²) in [6.45, 7) is 13.0.